The fourth-order valence-electron chi connectivity index (χ4n) is 0.711. The summed E-state index contributed by atoms with van der Waals surface area (Å²) in [5, 5.41) is 8.63. The molecule has 5 nitrogen and oxygen atoms in total. The van der Waals surface area contributed by atoms with Crippen LogP contribution in [0.1, 0.15) is 25.7 Å². The number of aliphatic hydroxyl groups is 1. The molecule has 0 spiro atoms. The molecule has 0 saturated carbocycles. The number of rotatable bonds is 5. The van der Waals surface area contributed by atoms with Crippen molar-refractivity contribution in [2.75, 3.05) is 0 Å². The molecule has 1 amide bonds. The summed E-state index contributed by atoms with van der Waals surface area (Å²) in [6.07, 6.45) is 1.60. The van der Waals surface area contributed by atoms with Crippen molar-refractivity contribution >= 4 is 5.91 Å². The van der Waals surface area contributed by atoms with Gasteiger partial charge in [-0.15, -0.1) is 0 Å². The number of nitrogens with one attached hydrogen (secondary N) is 1. The lowest BCUT2D eigenvalue weighted by Crippen LogP contribution is -2.29. The summed E-state index contributed by atoms with van der Waals surface area (Å²) >= 11 is 0. The lowest BCUT2D eigenvalue weighted by molar-refractivity contribution is -0.121. The molecule has 0 rings (SSSR count). The normalized spacial score (nSPS) is 12.6. The smallest absolute Gasteiger partial charge is 0.233 e. The van der Waals surface area contributed by atoms with Crippen LogP contribution in [0.5, 0.6) is 0 Å². The number of carbonyl (C=O) groups is 1. The number of hydrogen-bond donors (Lipinski definition) is 4. The third kappa shape index (κ3) is 7.24. The van der Waals surface area contributed by atoms with Gasteiger partial charge >= 0.3 is 0 Å². The lowest BCUT2D eigenvalue weighted by Gasteiger charge is -2.02. The number of amides is 1. The third-order valence-electron chi connectivity index (χ3n) is 1.31. The van der Waals surface area contributed by atoms with E-state index in [1.54, 1.807) is 0 Å². The van der Waals surface area contributed by atoms with Crippen molar-refractivity contribution in [1.82, 2.24) is 5.43 Å². The van der Waals surface area contributed by atoms with Crippen LogP contribution in [0.3, 0.4) is 0 Å². The monoisotopic (exact) mass is 161 g/mol. The first kappa shape index (κ1) is 10.3. The molecule has 0 fully saturated rings. The summed E-state index contributed by atoms with van der Waals surface area (Å²) in [5.41, 5.74) is 7.09. The van der Waals surface area contributed by atoms with Crippen molar-refractivity contribution in [1.29, 1.82) is 0 Å². The highest BCUT2D eigenvalue weighted by Crippen LogP contribution is 1.99. The van der Waals surface area contributed by atoms with Crippen LogP contribution in [0.4, 0.5) is 0 Å². The Morgan fingerprint density at radius 2 is 2.18 bits per heavy atom. The van der Waals surface area contributed by atoms with Crippen LogP contribution >= 0.6 is 0 Å². The Hall–Kier alpha value is -0.650. The van der Waals surface area contributed by atoms with Crippen molar-refractivity contribution in [3.63, 3.8) is 0 Å². The maximum atomic E-state index is 10.5. The summed E-state index contributed by atoms with van der Waals surface area (Å²) in [6, 6.07) is 0. The lowest BCUT2D eigenvalue weighted by atomic mass is 10.2. The maximum absolute atomic E-state index is 10.5. The Balaban J connectivity index is 3.08. The highest BCUT2D eigenvalue weighted by atomic mass is 16.3. The van der Waals surface area contributed by atoms with E-state index in [1.807, 2.05) is 5.43 Å². The number of aliphatic hydroxyl groups excluding tert-OH is 1. The molecule has 0 radical (unpaired) electrons. The number of nitrogens with two attached hydrogens (primary N) is 2. The molecule has 0 saturated heterocycles. The van der Waals surface area contributed by atoms with Crippen LogP contribution in [0.15, 0.2) is 0 Å². The van der Waals surface area contributed by atoms with Crippen molar-refractivity contribution in [3.8, 4) is 0 Å². The van der Waals surface area contributed by atoms with Gasteiger partial charge in [-0.2, -0.15) is 0 Å². The molecule has 11 heavy (non-hydrogen) atoms. The van der Waals surface area contributed by atoms with E-state index < -0.39 is 6.23 Å². The van der Waals surface area contributed by atoms with Gasteiger partial charge in [0.15, 0.2) is 0 Å². The van der Waals surface area contributed by atoms with E-state index >= 15 is 0 Å². The average molecular weight is 161 g/mol. The van der Waals surface area contributed by atoms with E-state index in [0.717, 1.165) is 6.42 Å². The van der Waals surface area contributed by atoms with Gasteiger partial charge in [-0.1, -0.05) is 0 Å². The molecule has 0 aromatic rings. The molecule has 0 aliphatic carbocycles. The Morgan fingerprint density at radius 1 is 1.55 bits per heavy atom. The quantitative estimate of drug-likeness (QED) is 0.134. The molecule has 6 N–H and O–H groups in total. The van der Waals surface area contributed by atoms with Gasteiger partial charge in [-0.3, -0.25) is 10.2 Å². The fraction of sp³-hybridized carbons (Fsp3) is 0.833. The highest BCUT2D eigenvalue weighted by molar-refractivity contribution is 5.74. The first-order valence-corrected chi connectivity index (χ1v) is 3.60. The number of hydrogen-bond acceptors (Lipinski definition) is 4. The molecular formula is C6H15N3O2. The molecule has 0 aromatic carbocycles. The van der Waals surface area contributed by atoms with Gasteiger partial charge in [0.1, 0.15) is 6.23 Å². The van der Waals surface area contributed by atoms with Crippen molar-refractivity contribution in [2.24, 2.45) is 11.6 Å². The number of carbonyl (C=O) groups excluding carboxylic acids is 1. The minimum Gasteiger partial charge on any atom is -0.379 e. The predicted octanol–water partition coefficient (Wildman–Crippen LogP) is -1.19. The largest absolute Gasteiger partial charge is 0.379 e. The van der Waals surface area contributed by atoms with Gasteiger partial charge in [0.25, 0.3) is 0 Å². The summed E-state index contributed by atoms with van der Waals surface area (Å²) in [4.78, 5) is 10.5. The summed E-state index contributed by atoms with van der Waals surface area (Å²) in [5.74, 6) is 4.66. The second-order valence-corrected chi connectivity index (χ2v) is 2.38. The van der Waals surface area contributed by atoms with Gasteiger partial charge < -0.3 is 10.8 Å². The van der Waals surface area contributed by atoms with Crippen molar-refractivity contribution in [2.45, 2.75) is 31.9 Å². The molecule has 1 unspecified atom stereocenters. The molecule has 0 aliphatic heterocycles. The van der Waals surface area contributed by atoms with Crippen LogP contribution in [0.2, 0.25) is 0 Å². The van der Waals surface area contributed by atoms with E-state index in [9.17, 15) is 4.79 Å². The van der Waals surface area contributed by atoms with E-state index in [4.69, 9.17) is 16.7 Å². The number of unbranched alkanes of at least 4 members (excludes halogenated alkanes) is 1. The molecular weight excluding hydrogens is 146 g/mol. The Kier molecular flexibility index (Phi) is 5.73. The van der Waals surface area contributed by atoms with E-state index in [2.05, 4.69) is 0 Å². The summed E-state index contributed by atoms with van der Waals surface area (Å²) in [7, 11) is 0. The molecule has 5 heteroatoms. The average Bonchev–Trinajstić information content (AvgIpc) is 1.97. The molecule has 66 valence electrons. The minimum absolute atomic E-state index is 0.184. The summed E-state index contributed by atoms with van der Waals surface area (Å²) in [6.45, 7) is 0. The highest BCUT2D eigenvalue weighted by Gasteiger charge is 1.99. The summed E-state index contributed by atoms with van der Waals surface area (Å²) < 4.78 is 0. The maximum Gasteiger partial charge on any atom is 0.233 e. The third-order valence-corrected chi connectivity index (χ3v) is 1.31. The molecule has 1 atom stereocenters. The SMILES string of the molecule is NNC(=O)CCCCC(N)O. The van der Waals surface area contributed by atoms with Crippen LogP contribution in [0.25, 0.3) is 0 Å². The number of hydrazine groups is 1. The van der Waals surface area contributed by atoms with Crippen LogP contribution < -0.4 is 17.0 Å². The fourth-order valence-corrected chi connectivity index (χ4v) is 0.711. The second kappa shape index (κ2) is 6.09. The Bertz CT molecular complexity index is 116. The van der Waals surface area contributed by atoms with Gasteiger partial charge in [0.2, 0.25) is 5.91 Å². The zero-order chi connectivity index (χ0) is 8.69. The molecule has 0 aliphatic rings. The van der Waals surface area contributed by atoms with Crippen molar-refractivity contribution in [3.05, 3.63) is 0 Å². The first-order valence-electron chi connectivity index (χ1n) is 3.60. The molecule has 0 heterocycles. The minimum atomic E-state index is -0.768. The van der Waals surface area contributed by atoms with Gasteiger partial charge in [0, 0.05) is 6.42 Å². The van der Waals surface area contributed by atoms with E-state index in [-0.39, 0.29) is 5.91 Å². The predicted molar refractivity (Wildman–Crippen MR) is 41.0 cm³/mol. The topological polar surface area (TPSA) is 101 Å². The van der Waals surface area contributed by atoms with Crippen molar-refractivity contribution < 1.29 is 9.90 Å². The van der Waals surface area contributed by atoms with Gasteiger partial charge in [0.05, 0.1) is 0 Å². The first-order chi connectivity index (χ1) is 5.16. The van der Waals surface area contributed by atoms with E-state index in [1.165, 1.54) is 0 Å². The second-order valence-electron chi connectivity index (χ2n) is 2.38. The zero-order valence-electron chi connectivity index (χ0n) is 6.42. The van der Waals surface area contributed by atoms with Gasteiger partial charge in [-0.05, 0) is 19.3 Å². The standard InChI is InChI=1S/C6H15N3O2/c7-5(10)3-1-2-4-6(11)9-8/h5,10H,1-4,7-8H2,(H,9,11). The van der Waals surface area contributed by atoms with Gasteiger partial charge in [-0.25, -0.2) is 5.84 Å². The molecule has 0 aromatic heterocycles. The Morgan fingerprint density at radius 3 is 2.64 bits per heavy atom. The zero-order valence-corrected chi connectivity index (χ0v) is 6.42. The molecule has 0 bridgehead atoms. The van der Waals surface area contributed by atoms with Crippen LogP contribution in [-0.2, 0) is 4.79 Å². The Labute approximate surface area is 65.7 Å². The van der Waals surface area contributed by atoms with Crippen LogP contribution in [0, 0.1) is 0 Å². The van der Waals surface area contributed by atoms with E-state index in [0.29, 0.717) is 19.3 Å². The van der Waals surface area contributed by atoms with Crippen LogP contribution in [-0.4, -0.2) is 17.2 Å².